The summed E-state index contributed by atoms with van der Waals surface area (Å²) in [4.78, 5) is 34.3. The molecule has 1 aromatic heterocycles. The Balaban J connectivity index is 2.14. The van der Waals surface area contributed by atoms with Gasteiger partial charge in [0.1, 0.15) is 11.2 Å². The molecule has 24 heavy (non-hydrogen) atoms. The number of benzene rings is 1. The first kappa shape index (κ1) is 17.1. The van der Waals surface area contributed by atoms with E-state index in [1.54, 1.807) is 20.8 Å². The van der Waals surface area contributed by atoms with Gasteiger partial charge in [0.05, 0.1) is 4.92 Å². The van der Waals surface area contributed by atoms with Gasteiger partial charge in [-0.2, -0.15) is 4.68 Å². The maximum Gasteiger partial charge on any atom is 0.435 e. The third kappa shape index (κ3) is 4.15. The molecule has 0 aliphatic rings. The second-order valence-electron chi connectivity index (χ2n) is 5.85. The monoisotopic (exact) mass is 332 g/mol. The zero-order chi connectivity index (χ0) is 17.9. The number of nitro groups is 1. The third-order valence-electron chi connectivity index (χ3n) is 2.76. The van der Waals surface area contributed by atoms with Crippen LogP contribution >= 0.6 is 0 Å². The smallest absolute Gasteiger partial charge is 0.435 e. The summed E-state index contributed by atoms with van der Waals surface area (Å²) in [6, 6.07) is 6.93. The lowest BCUT2D eigenvalue weighted by molar-refractivity contribution is -0.385. The number of hydrogen-bond acceptors (Lipinski definition) is 6. The van der Waals surface area contributed by atoms with Crippen LogP contribution in [0.15, 0.2) is 36.5 Å². The van der Waals surface area contributed by atoms with E-state index in [0.717, 1.165) is 4.68 Å². The molecule has 0 unspecified atom stereocenters. The molecule has 0 radical (unpaired) electrons. The van der Waals surface area contributed by atoms with Gasteiger partial charge in [-0.1, -0.05) is 12.1 Å². The van der Waals surface area contributed by atoms with Crippen LogP contribution in [0.4, 0.5) is 16.3 Å². The van der Waals surface area contributed by atoms with E-state index in [-0.39, 0.29) is 17.1 Å². The minimum atomic E-state index is -0.700. The Morgan fingerprint density at radius 3 is 2.54 bits per heavy atom. The van der Waals surface area contributed by atoms with Crippen molar-refractivity contribution in [1.29, 1.82) is 0 Å². The fraction of sp³-hybridized carbons (Fsp3) is 0.267. The molecule has 0 aliphatic heterocycles. The standard InChI is InChI=1S/C15H16N4O5/c1-15(2,3)24-14(21)18-9-8-12(17-18)16-13(20)10-6-4-5-7-11(10)19(22)23/h4-9H,1-3H3,(H,16,17,20). The molecule has 0 atom stereocenters. The summed E-state index contributed by atoms with van der Waals surface area (Å²) in [7, 11) is 0. The molecule has 2 aromatic rings. The lowest BCUT2D eigenvalue weighted by Gasteiger charge is -2.18. The van der Waals surface area contributed by atoms with Gasteiger partial charge < -0.3 is 10.1 Å². The van der Waals surface area contributed by atoms with Gasteiger partial charge in [0.2, 0.25) is 0 Å². The Hall–Kier alpha value is -3.23. The van der Waals surface area contributed by atoms with Crippen LogP contribution in [-0.2, 0) is 4.74 Å². The maximum absolute atomic E-state index is 12.2. The van der Waals surface area contributed by atoms with Gasteiger partial charge in [-0.05, 0) is 26.8 Å². The molecule has 126 valence electrons. The lowest BCUT2D eigenvalue weighted by Crippen LogP contribution is -2.27. The Kier molecular flexibility index (Phi) is 4.63. The molecule has 1 N–H and O–H groups in total. The highest BCUT2D eigenvalue weighted by Gasteiger charge is 2.21. The molecule has 0 bridgehead atoms. The number of amides is 1. The number of nitrogens with one attached hydrogen (secondary N) is 1. The Labute approximate surface area is 137 Å². The van der Waals surface area contributed by atoms with Crippen molar-refractivity contribution in [3.8, 4) is 0 Å². The number of para-hydroxylation sites is 1. The summed E-state index contributed by atoms with van der Waals surface area (Å²) in [5, 5.41) is 17.2. The second kappa shape index (κ2) is 6.49. The summed E-state index contributed by atoms with van der Waals surface area (Å²) in [5.41, 5.74) is -1.10. The summed E-state index contributed by atoms with van der Waals surface area (Å²) in [6.45, 7) is 5.14. The zero-order valence-corrected chi connectivity index (χ0v) is 13.3. The van der Waals surface area contributed by atoms with Gasteiger partial charge in [0.15, 0.2) is 5.82 Å². The third-order valence-corrected chi connectivity index (χ3v) is 2.76. The number of anilines is 1. The number of hydrogen-bond donors (Lipinski definition) is 1. The van der Waals surface area contributed by atoms with Crippen LogP contribution in [0.25, 0.3) is 0 Å². The van der Waals surface area contributed by atoms with E-state index in [1.165, 1.54) is 36.5 Å². The average molecular weight is 332 g/mol. The normalized spacial score (nSPS) is 11.0. The van der Waals surface area contributed by atoms with Crippen LogP contribution in [-0.4, -0.2) is 32.3 Å². The van der Waals surface area contributed by atoms with Gasteiger partial charge in [-0.15, -0.1) is 5.10 Å². The van der Waals surface area contributed by atoms with Gasteiger partial charge in [0.25, 0.3) is 11.6 Å². The van der Waals surface area contributed by atoms with Crippen LogP contribution < -0.4 is 5.32 Å². The largest absolute Gasteiger partial charge is 0.442 e. The molecule has 1 amide bonds. The lowest BCUT2D eigenvalue weighted by atomic mass is 10.1. The molecular formula is C15H16N4O5. The van der Waals surface area contributed by atoms with E-state index >= 15 is 0 Å². The van der Waals surface area contributed by atoms with Crippen molar-refractivity contribution in [3.63, 3.8) is 0 Å². The molecule has 9 heteroatoms. The summed E-state index contributed by atoms with van der Waals surface area (Å²) < 4.78 is 6.07. The molecule has 9 nitrogen and oxygen atoms in total. The Morgan fingerprint density at radius 2 is 1.92 bits per heavy atom. The van der Waals surface area contributed by atoms with Crippen LogP contribution in [0, 0.1) is 10.1 Å². The van der Waals surface area contributed by atoms with Crippen molar-refractivity contribution < 1.29 is 19.2 Å². The predicted molar refractivity (Wildman–Crippen MR) is 84.9 cm³/mol. The minimum absolute atomic E-state index is 0.0732. The molecule has 0 aliphatic carbocycles. The van der Waals surface area contributed by atoms with Crippen molar-refractivity contribution in [3.05, 3.63) is 52.2 Å². The molecular weight excluding hydrogens is 316 g/mol. The summed E-state index contributed by atoms with van der Waals surface area (Å²) in [5.74, 6) is -0.624. The van der Waals surface area contributed by atoms with Crippen LogP contribution in [0.3, 0.4) is 0 Å². The highest BCUT2D eigenvalue weighted by atomic mass is 16.6. The van der Waals surface area contributed by atoms with Crippen molar-refractivity contribution in [1.82, 2.24) is 9.78 Å². The quantitative estimate of drug-likeness (QED) is 0.682. The molecule has 0 saturated heterocycles. The van der Waals surface area contributed by atoms with E-state index < -0.39 is 22.5 Å². The van der Waals surface area contributed by atoms with Crippen molar-refractivity contribution >= 4 is 23.5 Å². The van der Waals surface area contributed by atoms with E-state index in [2.05, 4.69) is 10.4 Å². The van der Waals surface area contributed by atoms with E-state index in [0.29, 0.717) is 0 Å². The molecule has 1 heterocycles. The van der Waals surface area contributed by atoms with E-state index in [9.17, 15) is 19.7 Å². The first-order chi connectivity index (χ1) is 11.2. The van der Waals surface area contributed by atoms with Crippen LogP contribution in [0.5, 0.6) is 0 Å². The van der Waals surface area contributed by atoms with Crippen LogP contribution in [0.2, 0.25) is 0 Å². The number of nitro benzene ring substituents is 1. The van der Waals surface area contributed by atoms with Gasteiger partial charge in [-0.25, -0.2) is 4.79 Å². The number of aromatic nitrogens is 2. The predicted octanol–water partition coefficient (Wildman–Crippen LogP) is 2.83. The molecule has 0 fully saturated rings. The van der Waals surface area contributed by atoms with Crippen molar-refractivity contribution in [2.75, 3.05) is 5.32 Å². The van der Waals surface area contributed by atoms with Crippen molar-refractivity contribution in [2.24, 2.45) is 0 Å². The number of nitrogens with zero attached hydrogens (tertiary/aromatic N) is 3. The van der Waals surface area contributed by atoms with E-state index in [1.807, 2.05) is 0 Å². The van der Waals surface area contributed by atoms with Crippen LogP contribution in [0.1, 0.15) is 31.1 Å². The number of carbonyl (C=O) groups is 2. The highest BCUT2D eigenvalue weighted by molar-refractivity contribution is 6.06. The first-order valence-electron chi connectivity index (χ1n) is 7.01. The second-order valence-corrected chi connectivity index (χ2v) is 5.85. The van der Waals surface area contributed by atoms with Gasteiger partial charge in [-0.3, -0.25) is 14.9 Å². The highest BCUT2D eigenvalue weighted by Crippen LogP contribution is 2.19. The molecule has 0 saturated carbocycles. The van der Waals surface area contributed by atoms with Gasteiger partial charge in [0, 0.05) is 18.3 Å². The summed E-state index contributed by atoms with van der Waals surface area (Å²) in [6.07, 6.45) is 0.622. The van der Waals surface area contributed by atoms with Gasteiger partial charge >= 0.3 is 6.09 Å². The number of ether oxygens (including phenoxy) is 1. The fourth-order valence-electron chi connectivity index (χ4n) is 1.81. The Bertz CT molecular complexity index is 791. The maximum atomic E-state index is 12.2. The fourth-order valence-corrected chi connectivity index (χ4v) is 1.81. The number of carbonyl (C=O) groups excluding carboxylic acids is 2. The first-order valence-corrected chi connectivity index (χ1v) is 7.01. The Morgan fingerprint density at radius 1 is 1.25 bits per heavy atom. The average Bonchev–Trinajstić information content (AvgIpc) is 2.94. The molecule has 1 aromatic carbocycles. The molecule has 2 rings (SSSR count). The molecule has 0 spiro atoms. The zero-order valence-electron chi connectivity index (χ0n) is 13.3. The SMILES string of the molecule is CC(C)(C)OC(=O)n1ccc(NC(=O)c2ccccc2[N+](=O)[O-])n1. The topological polar surface area (TPSA) is 116 Å². The minimum Gasteiger partial charge on any atom is -0.442 e. The number of rotatable bonds is 3. The summed E-state index contributed by atoms with van der Waals surface area (Å²) >= 11 is 0. The van der Waals surface area contributed by atoms with Crippen molar-refractivity contribution in [2.45, 2.75) is 26.4 Å². The van der Waals surface area contributed by atoms with E-state index in [4.69, 9.17) is 4.74 Å².